The van der Waals surface area contributed by atoms with Gasteiger partial charge in [-0.2, -0.15) is 10.2 Å². The number of nitriles is 1. The van der Waals surface area contributed by atoms with Crippen LogP contribution in [0.25, 0.3) is 0 Å². The lowest BCUT2D eigenvalue weighted by molar-refractivity contribution is -0.545. The zero-order valence-electron chi connectivity index (χ0n) is 15.3. The molecule has 1 atom stereocenters. The SMILES string of the molecule is CN1C(=O)C(C#N)C(=[N+]2CCN(CC3CCCCC3)CC2)N(C)C1=O. The molecule has 3 rings (SSSR count). The highest BCUT2D eigenvalue weighted by Gasteiger charge is 2.48. The zero-order chi connectivity index (χ0) is 18.0. The van der Waals surface area contributed by atoms with Crippen molar-refractivity contribution in [3.63, 3.8) is 0 Å². The molecule has 3 aliphatic rings. The molecule has 0 aromatic carbocycles. The van der Waals surface area contributed by atoms with Gasteiger partial charge in [0.05, 0.1) is 26.2 Å². The van der Waals surface area contributed by atoms with Crippen molar-refractivity contribution in [2.45, 2.75) is 32.1 Å². The van der Waals surface area contributed by atoms with Gasteiger partial charge in [0.25, 0.3) is 11.7 Å². The third-order valence-corrected chi connectivity index (χ3v) is 5.82. The van der Waals surface area contributed by atoms with Crippen molar-refractivity contribution in [1.29, 1.82) is 5.26 Å². The lowest BCUT2D eigenvalue weighted by Crippen LogP contribution is -2.60. The summed E-state index contributed by atoms with van der Waals surface area (Å²) in [5.74, 6) is 0.0460. The molecule has 0 aromatic rings. The van der Waals surface area contributed by atoms with Crippen LogP contribution in [-0.4, -0.2) is 83.9 Å². The quantitative estimate of drug-likeness (QED) is 0.698. The first kappa shape index (κ1) is 17.9. The average Bonchev–Trinajstić information content (AvgIpc) is 2.64. The number of carbonyl (C=O) groups excluding carboxylic acids is 2. The second kappa shape index (κ2) is 7.52. The van der Waals surface area contributed by atoms with E-state index in [0.717, 1.165) is 43.5 Å². The summed E-state index contributed by atoms with van der Waals surface area (Å²) in [6.07, 6.45) is 6.77. The molecule has 2 aliphatic heterocycles. The molecule has 1 unspecified atom stereocenters. The number of rotatable bonds is 2. The van der Waals surface area contributed by atoms with E-state index in [4.69, 9.17) is 0 Å². The third-order valence-electron chi connectivity index (χ3n) is 5.82. The Hall–Kier alpha value is -1.94. The number of carbonyl (C=O) groups is 2. The number of urea groups is 1. The van der Waals surface area contributed by atoms with Crippen LogP contribution in [0.4, 0.5) is 4.79 Å². The Labute approximate surface area is 149 Å². The summed E-state index contributed by atoms with van der Waals surface area (Å²) in [5.41, 5.74) is 0. The largest absolute Gasteiger partial charge is 0.417 e. The van der Waals surface area contributed by atoms with Crippen LogP contribution in [0.5, 0.6) is 0 Å². The van der Waals surface area contributed by atoms with E-state index in [1.54, 1.807) is 7.05 Å². The average molecular weight is 346 g/mol. The van der Waals surface area contributed by atoms with E-state index in [9.17, 15) is 14.9 Å². The van der Waals surface area contributed by atoms with Crippen molar-refractivity contribution in [1.82, 2.24) is 14.7 Å². The van der Waals surface area contributed by atoms with Gasteiger partial charge in [-0.1, -0.05) is 19.3 Å². The number of piperazine rings is 1. The van der Waals surface area contributed by atoms with Crippen molar-refractivity contribution in [2.75, 3.05) is 46.8 Å². The molecule has 3 amide bonds. The van der Waals surface area contributed by atoms with E-state index < -0.39 is 11.8 Å². The van der Waals surface area contributed by atoms with Gasteiger partial charge in [-0.15, -0.1) is 0 Å². The highest BCUT2D eigenvalue weighted by atomic mass is 16.2. The van der Waals surface area contributed by atoms with Crippen LogP contribution >= 0.6 is 0 Å². The summed E-state index contributed by atoms with van der Waals surface area (Å²) < 4.78 is 2.05. The van der Waals surface area contributed by atoms with Crippen molar-refractivity contribution < 1.29 is 14.2 Å². The molecule has 0 aromatic heterocycles. The van der Waals surface area contributed by atoms with Crippen molar-refractivity contribution in [3.05, 3.63) is 0 Å². The monoisotopic (exact) mass is 346 g/mol. The van der Waals surface area contributed by atoms with Crippen molar-refractivity contribution in [2.24, 2.45) is 11.8 Å². The molecule has 2 saturated heterocycles. The van der Waals surface area contributed by atoms with E-state index in [1.165, 1.54) is 44.1 Å². The molecule has 7 nitrogen and oxygen atoms in total. The third kappa shape index (κ3) is 3.54. The molecule has 3 fully saturated rings. The number of amides is 3. The van der Waals surface area contributed by atoms with Gasteiger partial charge in [-0.3, -0.25) is 14.3 Å². The minimum absolute atomic E-state index is 0.365. The summed E-state index contributed by atoms with van der Waals surface area (Å²) in [5, 5.41) is 9.46. The van der Waals surface area contributed by atoms with Crippen molar-refractivity contribution >= 4 is 17.8 Å². The van der Waals surface area contributed by atoms with E-state index in [1.807, 2.05) is 4.58 Å². The Kier molecular flexibility index (Phi) is 5.38. The van der Waals surface area contributed by atoms with Crippen LogP contribution in [0, 0.1) is 23.2 Å². The number of imide groups is 1. The molecule has 136 valence electrons. The van der Waals surface area contributed by atoms with Crippen LogP contribution in [-0.2, 0) is 4.79 Å². The summed E-state index contributed by atoms with van der Waals surface area (Å²) in [4.78, 5) is 29.5. The maximum Gasteiger partial charge on any atom is 0.417 e. The molecule has 0 bridgehead atoms. The Bertz CT molecular complexity index is 607. The van der Waals surface area contributed by atoms with Gasteiger partial charge < -0.3 is 0 Å². The molecule has 25 heavy (non-hydrogen) atoms. The second-order valence-corrected chi connectivity index (χ2v) is 7.45. The zero-order valence-corrected chi connectivity index (χ0v) is 15.3. The van der Waals surface area contributed by atoms with E-state index in [2.05, 4.69) is 11.0 Å². The highest BCUT2D eigenvalue weighted by Crippen LogP contribution is 2.25. The number of nitrogens with zero attached hydrogens (tertiary/aromatic N) is 5. The Morgan fingerprint density at radius 2 is 1.72 bits per heavy atom. The molecule has 0 N–H and O–H groups in total. The standard InChI is InChI=1S/C18H28N5O2/c1-20-16(15(12-19)17(24)21(2)18(20)25)23-10-8-22(9-11-23)13-14-6-4-3-5-7-14/h14-15H,3-11,13H2,1-2H3/q+1. The topological polar surface area (TPSA) is 70.7 Å². The molecule has 7 heteroatoms. The fourth-order valence-electron chi connectivity index (χ4n) is 4.32. The van der Waals surface area contributed by atoms with Gasteiger partial charge in [0, 0.05) is 26.7 Å². The normalized spacial score (nSPS) is 27.0. The smallest absolute Gasteiger partial charge is 0.295 e. The summed E-state index contributed by atoms with van der Waals surface area (Å²) >= 11 is 0. The van der Waals surface area contributed by atoms with Crippen LogP contribution < -0.4 is 0 Å². The first-order valence-corrected chi connectivity index (χ1v) is 9.32. The van der Waals surface area contributed by atoms with Crippen LogP contribution in [0.2, 0.25) is 0 Å². The summed E-state index contributed by atoms with van der Waals surface area (Å²) in [7, 11) is 3.09. The molecule has 2 heterocycles. The Balaban J connectivity index is 1.69. The van der Waals surface area contributed by atoms with Gasteiger partial charge >= 0.3 is 6.03 Å². The maximum atomic E-state index is 12.3. The molecule has 0 spiro atoms. The maximum absolute atomic E-state index is 12.3. The van der Waals surface area contributed by atoms with Gasteiger partial charge in [0.2, 0.25) is 5.92 Å². The molecule has 1 aliphatic carbocycles. The predicted molar refractivity (Wildman–Crippen MR) is 93.0 cm³/mol. The fourth-order valence-corrected chi connectivity index (χ4v) is 4.32. The minimum atomic E-state index is -0.891. The van der Waals surface area contributed by atoms with Crippen molar-refractivity contribution in [3.8, 4) is 6.07 Å². The minimum Gasteiger partial charge on any atom is -0.295 e. The molecule has 0 radical (unpaired) electrons. The number of hydrogen-bond acceptors (Lipinski definition) is 4. The first-order chi connectivity index (χ1) is 12.0. The van der Waals surface area contributed by atoms with Gasteiger partial charge in [-0.05, 0) is 18.8 Å². The van der Waals surface area contributed by atoms with E-state index in [-0.39, 0.29) is 6.03 Å². The Morgan fingerprint density at radius 1 is 1.08 bits per heavy atom. The van der Waals surface area contributed by atoms with E-state index in [0.29, 0.717) is 5.84 Å². The summed E-state index contributed by atoms with van der Waals surface area (Å²) in [6, 6.07) is 1.72. The molecular weight excluding hydrogens is 318 g/mol. The fraction of sp³-hybridized carbons (Fsp3) is 0.778. The molecule has 1 saturated carbocycles. The van der Waals surface area contributed by atoms with Gasteiger partial charge in [0.1, 0.15) is 0 Å². The van der Waals surface area contributed by atoms with Gasteiger partial charge in [0.15, 0.2) is 0 Å². The van der Waals surface area contributed by atoms with Crippen LogP contribution in [0.1, 0.15) is 32.1 Å². The predicted octanol–water partition coefficient (Wildman–Crippen LogP) is 0.957. The highest BCUT2D eigenvalue weighted by molar-refractivity contribution is 6.17. The van der Waals surface area contributed by atoms with Crippen LogP contribution in [0.15, 0.2) is 0 Å². The van der Waals surface area contributed by atoms with Gasteiger partial charge in [-0.25, -0.2) is 9.69 Å². The molecular formula is C18H28N5O2+. The van der Waals surface area contributed by atoms with Crippen LogP contribution in [0.3, 0.4) is 0 Å². The second-order valence-electron chi connectivity index (χ2n) is 7.45. The lowest BCUT2D eigenvalue weighted by Gasteiger charge is -2.35. The van der Waals surface area contributed by atoms with E-state index >= 15 is 0 Å². The summed E-state index contributed by atoms with van der Waals surface area (Å²) in [6.45, 7) is 4.51. The first-order valence-electron chi connectivity index (χ1n) is 9.32. The number of amidine groups is 1. The lowest BCUT2D eigenvalue weighted by atomic mass is 9.89. The Morgan fingerprint density at radius 3 is 2.32 bits per heavy atom. The number of hydrogen-bond donors (Lipinski definition) is 0.